The minimum Gasteiger partial charge on any atom is -0.269 e. The third-order valence-corrected chi connectivity index (χ3v) is 1.47. The lowest BCUT2D eigenvalue weighted by Crippen LogP contribution is -1.76. The molecule has 10 heavy (non-hydrogen) atoms. The fraction of sp³-hybridized carbons (Fsp3) is 0.444. The van der Waals surface area contributed by atoms with Crippen LogP contribution in [0.15, 0.2) is 28.4 Å². The summed E-state index contributed by atoms with van der Waals surface area (Å²) in [4.78, 5) is 4.01. The van der Waals surface area contributed by atoms with Crippen LogP contribution in [-0.4, -0.2) is 6.21 Å². The molecular weight excluding hydrogens is 122 g/mol. The summed E-state index contributed by atoms with van der Waals surface area (Å²) in [6.45, 7) is 8.08. The maximum Gasteiger partial charge on any atom is 0.0295 e. The van der Waals surface area contributed by atoms with E-state index in [1.54, 1.807) is 6.21 Å². The predicted octanol–water partition coefficient (Wildman–Crippen LogP) is 2.95. The molecule has 56 valence electrons. The summed E-state index contributed by atoms with van der Waals surface area (Å²) in [7, 11) is 0. The van der Waals surface area contributed by atoms with Crippen molar-refractivity contribution < 1.29 is 0 Å². The van der Waals surface area contributed by atoms with Crippen molar-refractivity contribution in [2.75, 3.05) is 0 Å². The Labute approximate surface area is 63.2 Å². The van der Waals surface area contributed by atoms with Crippen molar-refractivity contribution in [2.45, 2.75) is 27.7 Å². The molecule has 1 nitrogen and oxygen atoms in total. The highest BCUT2D eigenvalue weighted by Crippen LogP contribution is 2.06. The van der Waals surface area contributed by atoms with Gasteiger partial charge in [-0.1, -0.05) is 11.6 Å². The summed E-state index contributed by atoms with van der Waals surface area (Å²) in [5.74, 6) is 0. The van der Waals surface area contributed by atoms with Crippen LogP contribution in [0.25, 0.3) is 0 Å². The number of nitrogens with zero attached hydrogens (tertiary/aromatic N) is 1. The molecule has 0 bridgehead atoms. The average Bonchev–Trinajstić information content (AvgIpc) is 1.98. The highest BCUT2D eigenvalue weighted by molar-refractivity contribution is 5.54. The molecule has 0 saturated heterocycles. The van der Waals surface area contributed by atoms with Gasteiger partial charge in [0.25, 0.3) is 0 Å². The Bertz CT molecular complexity index is 173. The van der Waals surface area contributed by atoms with E-state index in [-0.39, 0.29) is 0 Å². The topological polar surface area (TPSA) is 12.4 Å². The molecule has 0 heterocycles. The molecular formula is C9H15N. The maximum absolute atomic E-state index is 4.01. The van der Waals surface area contributed by atoms with Gasteiger partial charge in [0.05, 0.1) is 0 Å². The van der Waals surface area contributed by atoms with E-state index in [1.165, 1.54) is 11.1 Å². The number of hydrogen-bond acceptors (Lipinski definition) is 1. The first kappa shape index (κ1) is 9.15. The van der Waals surface area contributed by atoms with Crippen molar-refractivity contribution in [3.8, 4) is 0 Å². The number of allylic oxidation sites excluding steroid dienone is 3. The number of rotatable bonds is 2. The summed E-state index contributed by atoms with van der Waals surface area (Å²) in [6.07, 6.45) is 5.73. The van der Waals surface area contributed by atoms with Crippen LogP contribution < -0.4 is 0 Å². The zero-order valence-electron chi connectivity index (χ0n) is 7.18. The molecule has 0 amide bonds. The van der Waals surface area contributed by atoms with Crippen molar-refractivity contribution in [2.24, 2.45) is 4.99 Å². The van der Waals surface area contributed by atoms with E-state index in [0.717, 1.165) is 0 Å². The molecule has 0 radical (unpaired) electrons. The van der Waals surface area contributed by atoms with Crippen LogP contribution in [0, 0.1) is 0 Å². The van der Waals surface area contributed by atoms with E-state index in [0.29, 0.717) is 0 Å². The van der Waals surface area contributed by atoms with Gasteiger partial charge in [0.2, 0.25) is 0 Å². The van der Waals surface area contributed by atoms with Crippen LogP contribution in [0.3, 0.4) is 0 Å². The summed E-state index contributed by atoms with van der Waals surface area (Å²) < 4.78 is 0. The molecule has 0 atom stereocenters. The molecule has 0 fully saturated rings. The zero-order chi connectivity index (χ0) is 7.98. The molecule has 0 rings (SSSR count). The van der Waals surface area contributed by atoms with Gasteiger partial charge >= 0.3 is 0 Å². The van der Waals surface area contributed by atoms with Gasteiger partial charge in [-0.25, -0.2) is 0 Å². The molecule has 0 aromatic carbocycles. The molecule has 0 aromatic rings. The van der Waals surface area contributed by atoms with E-state index in [2.05, 4.69) is 24.9 Å². The molecule has 0 aliphatic rings. The van der Waals surface area contributed by atoms with Crippen molar-refractivity contribution in [1.29, 1.82) is 0 Å². The van der Waals surface area contributed by atoms with Gasteiger partial charge in [0.1, 0.15) is 0 Å². The zero-order valence-corrected chi connectivity index (χ0v) is 7.18. The van der Waals surface area contributed by atoms with Crippen LogP contribution in [0.2, 0.25) is 0 Å². The van der Waals surface area contributed by atoms with Crippen molar-refractivity contribution in [1.82, 2.24) is 0 Å². The van der Waals surface area contributed by atoms with Gasteiger partial charge in [-0.2, -0.15) is 0 Å². The van der Waals surface area contributed by atoms with E-state index in [4.69, 9.17) is 0 Å². The van der Waals surface area contributed by atoms with Gasteiger partial charge in [-0.3, -0.25) is 4.99 Å². The van der Waals surface area contributed by atoms with Gasteiger partial charge in [-0.15, -0.1) is 0 Å². The SMILES string of the molecule is CC=N/C=C(C)\C(C)=C/C. The molecule has 0 saturated carbocycles. The number of aliphatic imine (C=N–C) groups is 1. The smallest absolute Gasteiger partial charge is 0.0295 e. The molecule has 0 aliphatic carbocycles. The largest absolute Gasteiger partial charge is 0.269 e. The fourth-order valence-electron chi connectivity index (χ4n) is 0.516. The Balaban J connectivity index is 4.19. The van der Waals surface area contributed by atoms with Crippen molar-refractivity contribution >= 4 is 6.21 Å². The summed E-state index contributed by atoms with van der Waals surface area (Å²) >= 11 is 0. The van der Waals surface area contributed by atoms with Crippen LogP contribution in [-0.2, 0) is 0 Å². The van der Waals surface area contributed by atoms with Crippen LogP contribution in [0.1, 0.15) is 27.7 Å². The van der Waals surface area contributed by atoms with E-state index in [9.17, 15) is 0 Å². The minimum absolute atomic E-state index is 1.22. The fourth-order valence-corrected chi connectivity index (χ4v) is 0.516. The van der Waals surface area contributed by atoms with Crippen LogP contribution in [0.4, 0.5) is 0 Å². The van der Waals surface area contributed by atoms with E-state index in [1.807, 2.05) is 20.0 Å². The van der Waals surface area contributed by atoms with Crippen LogP contribution in [0.5, 0.6) is 0 Å². The van der Waals surface area contributed by atoms with Gasteiger partial charge in [-0.05, 0) is 33.3 Å². The molecule has 0 spiro atoms. The lowest BCUT2D eigenvalue weighted by atomic mass is 10.1. The normalized spacial score (nSPS) is 14.8. The molecule has 0 N–H and O–H groups in total. The van der Waals surface area contributed by atoms with Crippen molar-refractivity contribution in [3.05, 3.63) is 23.4 Å². The Morgan fingerprint density at radius 3 is 2.10 bits per heavy atom. The monoisotopic (exact) mass is 137 g/mol. The first-order valence-corrected chi connectivity index (χ1v) is 3.50. The minimum atomic E-state index is 1.22. The van der Waals surface area contributed by atoms with Gasteiger partial charge in [0, 0.05) is 12.4 Å². The predicted molar refractivity (Wildman–Crippen MR) is 47.4 cm³/mol. The lowest BCUT2D eigenvalue weighted by molar-refractivity contribution is 1.29. The summed E-state index contributed by atoms with van der Waals surface area (Å²) in [6, 6.07) is 0. The molecule has 1 heteroatoms. The highest BCUT2D eigenvalue weighted by Gasteiger charge is 1.86. The lowest BCUT2D eigenvalue weighted by Gasteiger charge is -1.95. The Morgan fingerprint density at radius 1 is 1.10 bits per heavy atom. The second kappa shape index (κ2) is 4.98. The second-order valence-corrected chi connectivity index (χ2v) is 2.19. The van der Waals surface area contributed by atoms with Gasteiger partial charge in [0.15, 0.2) is 0 Å². The van der Waals surface area contributed by atoms with Crippen molar-refractivity contribution in [3.63, 3.8) is 0 Å². The first-order chi connectivity index (χ1) is 4.72. The number of hydrogen-bond donors (Lipinski definition) is 0. The van der Waals surface area contributed by atoms with Crippen LogP contribution >= 0.6 is 0 Å². The second-order valence-electron chi connectivity index (χ2n) is 2.19. The Morgan fingerprint density at radius 2 is 1.70 bits per heavy atom. The highest BCUT2D eigenvalue weighted by atomic mass is 14.7. The molecule has 0 unspecified atom stereocenters. The quantitative estimate of drug-likeness (QED) is 0.410. The maximum atomic E-state index is 4.01. The third kappa shape index (κ3) is 3.23. The van der Waals surface area contributed by atoms with Gasteiger partial charge < -0.3 is 0 Å². The Hall–Kier alpha value is -0.850. The average molecular weight is 137 g/mol. The van der Waals surface area contributed by atoms with E-state index >= 15 is 0 Å². The molecule has 0 aliphatic heterocycles. The standard InChI is InChI=1S/C9H15N/c1-5-8(3)9(4)7-10-6-2/h5-7H,1-4H3/b8-5-,9-7-,10-6?. The summed E-state index contributed by atoms with van der Waals surface area (Å²) in [5, 5.41) is 0. The third-order valence-electron chi connectivity index (χ3n) is 1.47. The Kier molecular flexibility index (Phi) is 4.55. The molecule has 0 aromatic heterocycles. The van der Waals surface area contributed by atoms with E-state index < -0.39 is 0 Å². The first-order valence-electron chi connectivity index (χ1n) is 3.50. The summed E-state index contributed by atoms with van der Waals surface area (Å²) in [5.41, 5.74) is 2.51.